The molecule has 0 radical (unpaired) electrons. The van der Waals surface area contributed by atoms with Crippen LogP contribution in [0.1, 0.15) is 151 Å². The number of carbonyl (C=O) groups excluding carboxylic acids is 6. The minimum atomic E-state index is -1.18. The molecule has 1 saturated heterocycles. The Morgan fingerprint density at radius 1 is 0.857 bits per heavy atom. The number of primary amides is 1. The number of ketones is 1. The van der Waals surface area contributed by atoms with Crippen molar-refractivity contribution < 1.29 is 33.5 Å². The first kappa shape index (κ1) is 42.0. The molecule has 5 amide bonds. The molecular formula is C37H65N5O7. The average Bonchev–Trinajstić information content (AvgIpc) is 3.56. The van der Waals surface area contributed by atoms with E-state index in [9.17, 15) is 28.8 Å². The van der Waals surface area contributed by atoms with Crippen LogP contribution in [0.3, 0.4) is 0 Å². The van der Waals surface area contributed by atoms with Gasteiger partial charge < -0.3 is 31.3 Å². The van der Waals surface area contributed by atoms with Crippen molar-refractivity contribution in [3.05, 3.63) is 0 Å². The van der Waals surface area contributed by atoms with Crippen molar-refractivity contribution in [1.29, 1.82) is 0 Å². The molecule has 0 aromatic carbocycles. The third kappa shape index (κ3) is 12.9. The number of rotatable bonds is 13. The summed E-state index contributed by atoms with van der Waals surface area (Å²) in [4.78, 5) is 80.5. The molecule has 5 N–H and O–H groups in total. The highest BCUT2D eigenvalue weighted by Crippen LogP contribution is 2.32. The highest BCUT2D eigenvalue weighted by molar-refractivity contribution is 6.37. The highest BCUT2D eigenvalue weighted by atomic mass is 16.6. The van der Waals surface area contributed by atoms with Crippen LogP contribution in [-0.2, 0) is 28.7 Å². The van der Waals surface area contributed by atoms with Gasteiger partial charge in [0.1, 0.15) is 23.2 Å². The summed E-state index contributed by atoms with van der Waals surface area (Å²) in [6.07, 6.45) is 12.4. The fourth-order valence-corrected chi connectivity index (χ4v) is 6.88. The quantitative estimate of drug-likeness (QED) is 0.154. The molecule has 1 heterocycles. The second-order valence-electron chi connectivity index (χ2n) is 15.3. The van der Waals surface area contributed by atoms with Gasteiger partial charge in [-0.25, -0.2) is 9.59 Å². The van der Waals surface area contributed by atoms with Gasteiger partial charge in [0.2, 0.25) is 17.6 Å². The third-order valence-corrected chi connectivity index (χ3v) is 10.1. The van der Waals surface area contributed by atoms with Crippen LogP contribution in [0, 0.1) is 11.8 Å². The number of nitrogens with one attached hydrogen (secondary N) is 3. The van der Waals surface area contributed by atoms with E-state index < -0.39 is 58.9 Å². The number of esters is 1. The lowest BCUT2D eigenvalue weighted by Gasteiger charge is -2.39. The number of nitrogens with zero attached hydrogens (tertiary/aromatic N) is 1. The van der Waals surface area contributed by atoms with Crippen LogP contribution >= 0.6 is 0 Å². The van der Waals surface area contributed by atoms with Gasteiger partial charge >= 0.3 is 12.0 Å². The summed E-state index contributed by atoms with van der Waals surface area (Å²) in [5.74, 6) is -3.38. The molecule has 280 valence electrons. The molecular weight excluding hydrogens is 626 g/mol. The third-order valence-electron chi connectivity index (χ3n) is 10.1. The van der Waals surface area contributed by atoms with Crippen molar-refractivity contribution in [2.45, 2.75) is 180 Å². The van der Waals surface area contributed by atoms with Gasteiger partial charge in [-0.1, -0.05) is 85.5 Å². The molecule has 3 fully saturated rings. The average molecular weight is 692 g/mol. The Labute approximate surface area is 294 Å². The number of unbranched alkanes of at least 4 members (excludes halogenated alkanes) is 1. The Balaban J connectivity index is 0.00000197. The Bertz CT molecular complexity index is 1120. The van der Waals surface area contributed by atoms with Crippen LogP contribution in [-0.4, -0.2) is 76.2 Å². The molecule has 0 bridgehead atoms. The zero-order valence-corrected chi connectivity index (χ0v) is 31.3. The second-order valence-corrected chi connectivity index (χ2v) is 15.3. The molecule has 4 unspecified atom stereocenters. The summed E-state index contributed by atoms with van der Waals surface area (Å²) >= 11 is 0. The van der Waals surface area contributed by atoms with Gasteiger partial charge in [-0.2, -0.15) is 0 Å². The lowest BCUT2D eigenvalue weighted by Crippen LogP contribution is -2.63. The molecule has 2 saturated carbocycles. The first-order valence-electron chi connectivity index (χ1n) is 18.9. The second kappa shape index (κ2) is 19.9. The lowest BCUT2D eigenvalue weighted by molar-refractivity contribution is -0.164. The Morgan fingerprint density at radius 2 is 1.45 bits per heavy atom. The van der Waals surface area contributed by atoms with Crippen molar-refractivity contribution in [2.75, 3.05) is 6.54 Å². The first-order chi connectivity index (χ1) is 23.1. The molecule has 0 spiro atoms. The number of Topliss-reactive ketones (excluding diaryl/α,β-unsaturated/α-hetero) is 1. The van der Waals surface area contributed by atoms with Crippen LogP contribution in [0.15, 0.2) is 0 Å². The summed E-state index contributed by atoms with van der Waals surface area (Å²) in [6.45, 7) is 13.9. The van der Waals surface area contributed by atoms with E-state index in [0.717, 1.165) is 57.8 Å². The topological polar surface area (TPSA) is 177 Å². The number of likely N-dealkylation sites (tertiary alicyclic amines) is 1. The molecule has 2 aliphatic carbocycles. The van der Waals surface area contributed by atoms with Crippen LogP contribution in [0.5, 0.6) is 0 Å². The summed E-state index contributed by atoms with van der Waals surface area (Å²) in [6, 6.07) is -3.41. The van der Waals surface area contributed by atoms with Crippen molar-refractivity contribution in [3.8, 4) is 0 Å². The smallest absolute Gasteiger partial charge is 0.332 e. The van der Waals surface area contributed by atoms with E-state index in [4.69, 9.17) is 10.5 Å². The summed E-state index contributed by atoms with van der Waals surface area (Å²) < 4.78 is 5.71. The van der Waals surface area contributed by atoms with Crippen molar-refractivity contribution in [3.63, 3.8) is 0 Å². The van der Waals surface area contributed by atoms with Crippen LogP contribution in [0.25, 0.3) is 0 Å². The van der Waals surface area contributed by atoms with E-state index >= 15 is 0 Å². The van der Waals surface area contributed by atoms with Gasteiger partial charge in [-0.05, 0) is 77.6 Å². The molecule has 0 aromatic heterocycles. The summed E-state index contributed by atoms with van der Waals surface area (Å²) in [5.41, 5.74) is 3.37. The summed E-state index contributed by atoms with van der Waals surface area (Å²) in [7, 11) is 0. The number of urea groups is 1. The largest absolute Gasteiger partial charge is 0.458 e. The van der Waals surface area contributed by atoms with E-state index in [-0.39, 0.29) is 24.2 Å². The standard InChI is InChI=1S/C33H55N5O7.C4H10/c1-6-21(2)20-23(26(39)27(34)40)35-28(41)24-16-13-19-38(24)29(42)25(22-14-9-7-10-15-22)36-31(44)37-33(17-11-8-12-18-33)30(43)45-32(3,4)5;1-3-4-2/h21-25H,6-20H2,1-5H3,(H2,34,40)(H,35,41)(H2,36,37,44);3-4H2,1-2H3. The van der Waals surface area contributed by atoms with Gasteiger partial charge in [0, 0.05) is 6.54 Å². The Hall–Kier alpha value is -3.18. The number of carbonyl (C=O) groups is 6. The minimum Gasteiger partial charge on any atom is -0.458 e. The number of hydrogen-bond donors (Lipinski definition) is 4. The highest BCUT2D eigenvalue weighted by Gasteiger charge is 2.46. The van der Waals surface area contributed by atoms with E-state index in [0.29, 0.717) is 32.2 Å². The van der Waals surface area contributed by atoms with E-state index in [1.165, 1.54) is 17.7 Å². The van der Waals surface area contributed by atoms with Gasteiger partial charge in [-0.15, -0.1) is 0 Å². The molecule has 12 nitrogen and oxygen atoms in total. The van der Waals surface area contributed by atoms with Crippen LogP contribution in [0.2, 0.25) is 0 Å². The Morgan fingerprint density at radius 3 is 1.98 bits per heavy atom. The van der Waals surface area contributed by atoms with Gasteiger partial charge in [0.05, 0.1) is 6.04 Å². The zero-order chi connectivity index (χ0) is 36.8. The summed E-state index contributed by atoms with van der Waals surface area (Å²) in [5, 5.41) is 8.55. The predicted molar refractivity (Wildman–Crippen MR) is 189 cm³/mol. The molecule has 12 heteroatoms. The van der Waals surface area contributed by atoms with Gasteiger partial charge in [0.25, 0.3) is 5.91 Å². The fourth-order valence-electron chi connectivity index (χ4n) is 6.88. The number of ether oxygens (including phenoxy) is 1. The monoisotopic (exact) mass is 691 g/mol. The molecule has 3 aliphatic rings. The molecule has 1 aliphatic heterocycles. The number of hydrogen-bond acceptors (Lipinski definition) is 7. The predicted octanol–water partition coefficient (Wildman–Crippen LogP) is 5.05. The van der Waals surface area contributed by atoms with E-state index in [2.05, 4.69) is 29.8 Å². The van der Waals surface area contributed by atoms with E-state index in [1.807, 2.05) is 13.8 Å². The lowest BCUT2D eigenvalue weighted by atomic mass is 9.81. The van der Waals surface area contributed by atoms with Crippen molar-refractivity contribution in [1.82, 2.24) is 20.9 Å². The molecule has 4 atom stereocenters. The van der Waals surface area contributed by atoms with Crippen LogP contribution < -0.4 is 21.7 Å². The number of amides is 5. The minimum absolute atomic E-state index is 0.0615. The SMILES string of the molecule is CCC(C)CC(NC(=O)C1CCCN1C(=O)C(NC(=O)NC1(C(=O)OC(C)(C)C)CCCCC1)C1CCCCC1)C(=O)C(N)=O.CCCC. The maximum Gasteiger partial charge on any atom is 0.332 e. The molecule has 3 rings (SSSR count). The Kier molecular flexibility index (Phi) is 17.0. The maximum atomic E-state index is 14.2. The normalized spacial score (nSPS) is 21.2. The van der Waals surface area contributed by atoms with E-state index in [1.54, 1.807) is 20.8 Å². The zero-order valence-electron chi connectivity index (χ0n) is 31.3. The van der Waals surface area contributed by atoms with Crippen molar-refractivity contribution in [2.24, 2.45) is 17.6 Å². The first-order valence-corrected chi connectivity index (χ1v) is 18.9. The molecule has 49 heavy (non-hydrogen) atoms. The van der Waals surface area contributed by atoms with Gasteiger partial charge in [0.15, 0.2) is 0 Å². The molecule has 0 aromatic rings. The number of nitrogens with two attached hydrogens (primary N) is 1. The van der Waals surface area contributed by atoms with Gasteiger partial charge in [-0.3, -0.25) is 19.2 Å². The van der Waals surface area contributed by atoms with Crippen LogP contribution in [0.4, 0.5) is 4.79 Å². The van der Waals surface area contributed by atoms with Crippen molar-refractivity contribution >= 4 is 35.5 Å². The fraction of sp³-hybridized carbons (Fsp3) is 0.838. The maximum absolute atomic E-state index is 14.2.